The Morgan fingerprint density at radius 3 is 2.71 bits per heavy atom. The fraction of sp³-hybridized carbons (Fsp3) is 0.545. The predicted octanol–water partition coefficient (Wildman–Crippen LogP) is 0.648. The zero-order valence-electron chi connectivity index (χ0n) is 9.64. The van der Waals surface area contributed by atoms with Gasteiger partial charge in [-0.2, -0.15) is 0 Å². The van der Waals surface area contributed by atoms with Crippen LogP contribution < -0.4 is 5.32 Å². The van der Waals surface area contributed by atoms with Crippen LogP contribution in [0, 0.1) is 17.3 Å². The molecule has 17 heavy (non-hydrogen) atoms. The second-order valence-corrected chi connectivity index (χ2v) is 4.81. The van der Waals surface area contributed by atoms with Crippen molar-refractivity contribution in [1.82, 2.24) is 10.5 Å². The number of carbonyl (C=O) groups is 2. The number of aromatic nitrogens is 1. The smallest absolute Gasteiger partial charge is 0.307 e. The summed E-state index contributed by atoms with van der Waals surface area (Å²) in [7, 11) is 0. The maximum atomic E-state index is 11.8. The largest absolute Gasteiger partial charge is 0.481 e. The van der Waals surface area contributed by atoms with Gasteiger partial charge in [-0.15, -0.1) is 0 Å². The Hall–Kier alpha value is -1.85. The van der Waals surface area contributed by atoms with Crippen molar-refractivity contribution in [3.05, 3.63) is 18.0 Å². The number of aliphatic carboxylic acids is 1. The van der Waals surface area contributed by atoms with Crippen LogP contribution in [0.1, 0.15) is 19.6 Å². The van der Waals surface area contributed by atoms with Crippen molar-refractivity contribution in [1.29, 1.82) is 0 Å². The standard InChI is InChI=1S/C11H14N2O4/c1-11(2)7(8(11)10(15)16)9(14)12-5-6-3-4-13-17-6/h3-4,7-8H,5H2,1-2H3,(H,12,14)(H,15,16). The first-order chi connectivity index (χ1) is 7.94. The zero-order chi connectivity index (χ0) is 12.6. The molecule has 6 heteroatoms. The third-order valence-corrected chi connectivity index (χ3v) is 3.30. The van der Waals surface area contributed by atoms with E-state index in [4.69, 9.17) is 9.63 Å². The number of carboxylic acid groups (broad SMARTS) is 1. The van der Waals surface area contributed by atoms with Crippen molar-refractivity contribution < 1.29 is 19.2 Å². The SMILES string of the molecule is CC1(C)C(C(=O)O)C1C(=O)NCc1ccno1. The van der Waals surface area contributed by atoms with Gasteiger partial charge in [0.25, 0.3) is 0 Å². The maximum absolute atomic E-state index is 11.8. The van der Waals surface area contributed by atoms with Gasteiger partial charge in [-0.05, 0) is 5.41 Å². The van der Waals surface area contributed by atoms with E-state index in [0.717, 1.165) is 0 Å². The zero-order valence-corrected chi connectivity index (χ0v) is 9.64. The molecule has 1 saturated carbocycles. The van der Waals surface area contributed by atoms with Crippen LogP contribution in [0.2, 0.25) is 0 Å². The second kappa shape index (κ2) is 3.87. The number of carboxylic acids is 1. The number of amides is 1. The van der Waals surface area contributed by atoms with Crippen molar-refractivity contribution in [2.24, 2.45) is 17.3 Å². The summed E-state index contributed by atoms with van der Waals surface area (Å²) in [5.41, 5.74) is -0.475. The van der Waals surface area contributed by atoms with Gasteiger partial charge in [0, 0.05) is 6.07 Å². The molecule has 1 aliphatic rings. The molecule has 1 aromatic rings. The van der Waals surface area contributed by atoms with Crippen molar-refractivity contribution >= 4 is 11.9 Å². The molecule has 2 unspecified atom stereocenters. The third kappa shape index (κ3) is 2.02. The normalized spacial score (nSPS) is 25.3. The molecule has 1 aromatic heterocycles. The van der Waals surface area contributed by atoms with Crippen LogP contribution in [-0.2, 0) is 16.1 Å². The molecule has 6 nitrogen and oxygen atoms in total. The lowest BCUT2D eigenvalue weighted by Crippen LogP contribution is -2.26. The summed E-state index contributed by atoms with van der Waals surface area (Å²) in [6.45, 7) is 3.80. The lowest BCUT2D eigenvalue weighted by atomic mass is 10.1. The van der Waals surface area contributed by atoms with Crippen molar-refractivity contribution in [2.75, 3.05) is 0 Å². The van der Waals surface area contributed by atoms with Gasteiger partial charge in [-0.1, -0.05) is 19.0 Å². The van der Waals surface area contributed by atoms with E-state index in [2.05, 4.69) is 10.5 Å². The highest BCUT2D eigenvalue weighted by atomic mass is 16.5. The Labute approximate surface area is 98.0 Å². The maximum Gasteiger partial charge on any atom is 0.307 e. The third-order valence-electron chi connectivity index (χ3n) is 3.30. The molecule has 1 aliphatic carbocycles. The summed E-state index contributed by atoms with van der Waals surface area (Å²) in [4.78, 5) is 22.7. The molecule has 0 saturated heterocycles. The van der Waals surface area contributed by atoms with E-state index < -0.39 is 23.2 Å². The first-order valence-electron chi connectivity index (χ1n) is 5.34. The van der Waals surface area contributed by atoms with E-state index >= 15 is 0 Å². The Balaban J connectivity index is 1.92. The average molecular weight is 238 g/mol. The Kier molecular flexibility index (Phi) is 2.65. The van der Waals surface area contributed by atoms with Gasteiger partial charge in [0.1, 0.15) is 0 Å². The quantitative estimate of drug-likeness (QED) is 0.803. The van der Waals surface area contributed by atoms with Gasteiger partial charge < -0.3 is 14.9 Å². The van der Waals surface area contributed by atoms with Gasteiger partial charge >= 0.3 is 5.97 Å². The lowest BCUT2D eigenvalue weighted by Gasteiger charge is -2.03. The Bertz CT molecular complexity index is 438. The summed E-state index contributed by atoms with van der Waals surface area (Å²) in [6.07, 6.45) is 1.49. The van der Waals surface area contributed by atoms with Crippen LogP contribution >= 0.6 is 0 Å². The van der Waals surface area contributed by atoms with Gasteiger partial charge in [0.15, 0.2) is 5.76 Å². The number of nitrogens with zero attached hydrogens (tertiary/aromatic N) is 1. The topological polar surface area (TPSA) is 92.4 Å². The summed E-state index contributed by atoms with van der Waals surface area (Å²) < 4.78 is 4.83. The van der Waals surface area contributed by atoms with Crippen LogP contribution in [0.5, 0.6) is 0 Å². The summed E-state index contributed by atoms with van der Waals surface area (Å²) in [5.74, 6) is -1.70. The highest BCUT2D eigenvalue weighted by Crippen LogP contribution is 2.58. The molecule has 1 fully saturated rings. The van der Waals surface area contributed by atoms with Crippen LogP contribution in [0.4, 0.5) is 0 Å². The molecule has 1 heterocycles. The molecule has 92 valence electrons. The molecular weight excluding hydrogens is 224 g/mol. The summed E-state index contributed by atoms with van der Waals surface area (Å²) in [6, 6.07) is 1.65. The highest BCUT2D eigenvalue weighted by Gasteiger charge is 2.65. The van der Waals surface area contributed by atoms with Crippen LogP contribution in [0.25, 0.3) is 0 Å². The lowest BCUT2D eigenvalue weighted by molar-refractivity contribution is -0.140. The highest BCUT2D eigenvalue weighted by molar-refractivity contribution is 5.91. The van der Waals surface area contributed by atoms with Crippen molar-refractivity contribution in [3.8, 4) is 0 Å². The van der Waals surface area contributed by atoms with E-state index in [0.29, 0.717) is 5.76 Å². The van der Waals surface area contributed by atoms with E-state index in [1.165, 1.54) is 6.20 Å². The molecule has 2 N–H and O–H groups in total. The van der Waals surface area contributed by atoms with Gasteiger partial charge in [-0.3, -0.25) is 9.59 Å². The minimum absolute atomic E-state index is 0.234. The van der Waals surface area contributed by atoms with Gasteiger partial charge in [-0.25, -0.2) is 0 Å². The Morgan fingerprint density at radius 2 is 2.24 bits per heavy atom. The van der Waals surface area contributed by atoms with Gasteiger partial charge in [0.05, 0.1) is 24.6 Å². The predicted molar refractivity (Wildman–Crippen MR) is 56.7 cm³/mol. The molecule has 1 amide bonds. The first kappa shape index (κ1) is 11.6. The summed E-state index contributed by atoms with van der Waals surface area (Å²) in [5, 5.41) is 15.1. The molecule has 2 rings (SSSR count). The molecule has 0 radical (unpaired) electrons. The molecule has 0 spiro atoms. The summed E-state index contributed by atoms with van der Waals surface area (Å²) >= 11 is 0. The molecule has 0 aromatic carbocycles. The fourth-order valence-corrected chi connectivity index (χ4v) is 2.21. The van der Waals surface area contributed by atoms with E-state index in [-0.39, 0.29) is 12.5 Å². The second-order valence-electron chi connectivity index (χ2n) is 4.81. The average Bonchev–Trinajstić information content (AvgIpc) is 2.65. The first-order valence-corrected chi connectivity index (χ1v) is 5.34. The van der Waals surface area contributed by atoms with E-state index in [9.17, 15) is 9.59 Å². The van der Waals surface area contributed by atoms with Crippen molar-refractivity contribution in [2.45, 2.75) is 20.4 Å². The molecule has 0 bridgehead atoms. The molecule has 0 aliphatic heterocycles. The minimum Gasteiger partial charge on any atom is -0.481 e. The fourth-order valence-electron chi connectivity index (χ4n) is 2.21. The van der Waals surface area contributed by atoms with Crippen LogP contribution in [-0.4, -0.2) is 22.1 Å². The number of nitrogens with one attached hydrogen (secondary N) is 1. The number of rotatable bonds is 4. The minimum atomic E-state index is -0.921. The number of carbonyl (C=O) groups excluding carboxylic acids is 1. The van der Waals surface area contributed by atoms with E-state index in [1.807, 2.05) is 0 Å². The Morgan fingerprint density at radius 1 is 1.53 bits per heavy atom. The van der Waals surface area contributed by atoms with E-state index in [1.54, 1.807) is 19.9 Å². The monoisotopic (exact) mass is 238 g/mol. The molecular formula is C11H14N2O4. The van der Waals surface area contributed by atoms with Crippen LogP contribution in [0.3, 0.4) is 0 Å². The molecule has 2 atom stereocenters. The van der Waals surface area contributed by atoms with Crippen molar-refractivity contribution in [3.63, 3.8) is 0 Å². The number of hydrogen-bond donors (Lipinski definition) is 2. The van der Waals surface area contributed by atoms with Gasteiger partial charge in [0.2, 0.25) is 5.91 Å². The number of hydrogen-bond acceptors (Lipinski definition) is 4. The van der Waals surface area contributed by atoms with Crippen LogP contribution in [0.15, 0.2) is 16.8 Å².